The monoisotopic (exact) mass is 305 g/mol. The standard InChI is InChI=1S/C15H23N5S/c1-3-7-20-8-4-11(5-9-20)17-13-12-6-10-21-14(12)19-15(16-2)18-13/h6,10-11H,3-5,7-9H2,1-2H3,(H2,16,17,18,19). The summed E-state index contributed by atoms with van der Waals surface area (Å²) in [5, 5.41) is 9.89. The van der Waals surface area contributed by atoms with Crippen LogP contribution in [0.1, 0.15) is 26.2 Å². The first-order chi connectivity index (χ1) is 10.3. The molecule has 2 N–H and O–H groups in total. The zero-order valence-corrected chi connectivity index (χ0v) is 13.5. The molecular formula is C15H23N5S. The van der Waals surface area contributed by atoms with Gasteiger partial charge >= 0.3 is 0 Å². The zero-order valence-electron chi connectivity index (χ0n) is 12.7. The average molecular weight is 305 g/mol. The number of anilines is 2. The molecule has 0 unspecified atom stereocenters. The van der Waals surface area contributed by atoms with Crippen molar-refractivity contribution < 1.29 is 0 Å². The van der Waals surface area contributed by atoms with E-state index in [0.29, 0.717) is 12.0 Å². The van der Waals surface area contributed by atoms with Crippen molar-refractivity contribution in [2.45, 2.75) is 32.2 Å². The maximum Gasteiger partial charge on any atom is 0.225 e. The lowest BCUT2D eigenvalue weighted by Gasteiger charge is -2.32. The molecule has 0 aromatic carbocycles. The number of nitrogens with one attached hydrogen (secondary N) is 2. The normalized spacial score (nSPS) is 17.2. The molecule has 1 aliphatic rings. The molecule has 0 saturated carbocycles. The van der Waals surface area contributed by atoms with Gasteiger partial charge in [0.15, 0.2) is 0 Å². The summed E-state index contributed by atoms with van der Waals surface area (Å²) in [5.74, 6) is 1.66. The lowest BCUT2D eigenvalue weighted by atomic mass is 10.0. The van der Waals surface area contributed by atoms with Crippen LogP contribution in [0.5, 0.6) is 0 Å². The summed E-state index contributed by atoms with van der Waals surface area (Å²) >= 11 is 1.66. The Morgan fingerprint density at radius 2 is 2.14 bits per heavy atom. The molecule has 1 saturated heterocycles. The van der Waals surface area contributed by atoms with Gasteiger partial charge in [-0.1, -0.05) is 6.92 Å². The summed E-state index contributed by atoms with van der Waals surface area (Å²) in [7, 11) is 1.86. The van der Waals surface area contributed by atoms with E-state index in [0.717, 1.165) is 16.0 Å². The number of likely N-dealkylation sites (tertiary alicyclic amines) is 1. The van der Waals surface area contributed by atoms with Crippen molar-refractivity contribution in [2.24, 2.45) is 0 Å². The van der Waals surface area contributed by atoms with Crippen LogP contribution in [0.25, 0.3) is 10.2 Å². The van der Waals surface area contributed by atoms with E-state index in [1.807, 2.05) is 7.05 Å². The zero-order chi connectivity index (χ0) is 14.7. The van der Waals surface area contributed by atoms with Gasteiger partial charge in [-0.2, -0.15) is 4.98 Å². The Labute approximate surface area is 129 Å². The molecule has 0 bridgehead atoms. The quantitative estimate of drug-likeness (QED) is 0.889. The highest BCUT2D eigenvalue weighted by atomic mass is 32.1. The number of rotatable bonds is 5. The number of hydrogen-bond donors (Lipinski definition) is 2. The fourth-order valence-electron chi connectivity index (χ4n) is 2.89. The van der Waals surface area contributed by atoms with Crippen LogP contribution < -0.4 is 10.6 Å². The molecule has 0 amide bonds. The number of fused-ring (bicyclic) bond motifs is 1. The highest BCUT2D eigenvalue weighted by Gasteiger charge is 2.20. The molecule has 2 aromatic heterocycles. The van der Waals surface area contributed by atoms with Gasteiger partial charge < -0.3 is 15.5 Å². The van der Waals surface area contributed by atoms with Crippen molar-refractivity contribution in [1.29, 1.82) is 0 Å². The maximum absolute atomic E-state index is 4.60. The second-order valence-corrected chi connectivity index (χ2v) is 6.44. The smallest absolute Gasteiger partial charge is 0.225 e. The number of thiophene rings is 1. The Balaban J connectivity index is 1.72. The van der Waals surface area contributed by atoms with Crippen LogP contribution in [0.2, 0.25) is 0 Å². The SMILES string of the molecule is CCCN1CCC(Nc2nc(NC)nc3sccc23)CC1. The number of nitrogens with zero attached hydrogens (tertiary/aromatic N) is 3. The molecule has 114 valence electrons. The number of aromatic nitrogens is 2. The molecule has 3 heterocycles. The van der Waals surface area contributed by atoms with E-state index in [-0.39, 0.29) is 0 Å². The lowest BCUT2D eigenvalue weighted by molar-refractivity contribution is 0.219. The third-order valence-electron chi connectivity index (χ3n) is 4.02. The van der Waals surface area contributed by atoms with Gasteiger partial charge in [-0.15, -0.1) is 11.3 Å². The van der Waals surface area contributed by atoms with Gasteiger partial charge in [0.25, 0.3) is 0 Å². The number of hydrogen-bond acceptors (Lipinski definition) is 6. The fraction of sp³-hybridized carbons (Fsp3) is 0.600. The predicted octanol–water partition coefficient (Wildman–Crippen LogP) is 3.02. The first kappa shape index (κ1) is 14.5. The van der Waals surface area contributed by atoms with Crippen molar-refractivity contribution in [1.82, 2.24) is 14.9 Å². The minimum absolute atomic E-state index is 0.515. The second kappa shape index (κ2) is 6.58. The first-order valence-corrected chi connectivity index (χ1v) is 8.60. The fourth-order valence-corrected chi connectivity index (χ4v) is 3.65. The summed E-state index contributed by atoms with van der Waals surface area (Å²) in [6, 6.07) is 2.62. The molecule has 0 radical (unpaired) electrons. The molecule has 21 heavy (non-hydrogen) atoms. The second-order valence-electron chi connectivity index (χ2n) is 5.55. The minimum atomic E-state index is 0.515. The average Bonchev–Trinajstić information content (AvgIpc) is 2.98. The molecule has 0 atom stereocenters. The van der Waals surface area contributed by atoms with Gasteiger partial charge in [0.05, 0.1) is 5.39 Å². The molecule has 0 spiro atoms. The van der Waals surface area contributed by atoms with Crippen LogP contribution >= 0.6 is 11.3 Å². The Hall–Kier alpha value is -1.40. The van der Waals surface area contributed by atoms with Gasteiger partial charge in [-0.25, -0.2) is 4.98 Å². The van der Waals surface area contributed by atoms with E-state index >= 15 is 0 Å². The number of piperidine rings is 1. The van der Waals surface area contributed by atoms with Crippen LogP contribution in [-0.2, 0) is 0 Å². The summed E-state index contributed by atoms with van der Waals surface area (Å²) in [6.07, 6.45) is 3.61. The summed E-state index contributed by atoms with van der Waals surface area (Å²) < 4.78 is 0. The molecule has 1 fully saturated rings. The Bertz CT molecular complexity index is 589. The highest BCUT2D eigenvalue weighted by molar-refractivity contribution is 7.16. The van der Waals surface area contributed by atoms with Gasteiger partial charge in [0, 0.05) is 26.2 Å². The molecule has 1 aliphatic heterocycles. The summed E-state index contributed by atoms with van der Waals surface area (Å²) in [5.41, 5.74) is 0. The van der Waals surface area contributed by atoms with Crippen molar-refractivity contribution in [3.05, 3.63) is 11.4 Å². The Morgan fingerprint density at radius 3 is 2.86 bits per heavy atom. The first-order valence-electron chi connectivity index (χ1n) is 7.72. The Morgan fingerprint density at radius 1 is 1.33 bits per heavy atom. The molecule has 0 aliphatic carbocycles. The van der Waals surface area contributed by atoms with Crippen LogP contribution in [-0.4, -0.2) is 47.6 Å². The van der Waals surface area contributed by atoms with E-state index in [9.17, 15) is 0 Å². The molecule has 2 aromatic rings. The summed E-state index contributed by atoms with van der Waals surface area (Å²) in [6.45, 7) is 5.83. The van der Waals surface area contributed by atoms with E-state index < -0.39 is 0 Å². The maximum atomic E-state index is 4.60. The van der Waals surface area contributed by atoms with E-state index in [1.165, 1.54) is 38.9 Å². The minimum Gasteiger partial charge on any atom is -0.367 e. The van der Waals surface area contributed by atoms with E-state index in [1.54, 1.807) is 11.3 Å². The van der Waals surface area contributed by atoms with Gasteiger partial charge in [0.1, 0.15) is 10.6 Å². The largest absolute Gasteiger partial charge is 0.367 e. The van der Waals surface area contributed by atoms with Crippen molar-refractivity contribution in [3.8, 4) is 0 Å². The lowest BCUT2D eigenvalue weighted by Crippen LogP contribution is -2.39. The topological polar surface area (TPSA) is 53.1 Å². The van der Waals surface area contributed by atoms with Crippen LogP contribution in [0.4, 0.5) is 11.8 Å². The molecular weight excluding hydrogens is 282 g/mol. The van der Waals surface area contributed by atoms with Crippen molar-refractivity contribution in [3.63, 3.8) is 0 Å². The van der Waals surface area contributed by atoms with Gasteiger partial charge in [0.2, 0.25) is 5.95 Å². The van der Waals surface area contributed by atoms with Crippen molar-refractivity contribution >= 4 is 33.3 Å². The Kier molecular flexibility index (Phi) is 4.55. The molecule has 5 nitrogen and oxygen atoms in total. The van der Waals surface area contributed by atoms with Crippen LogP contribution in [0.3, 0.4) is 0 Å². The van der Waals surface area contributed by atoms with Crippen LogP contribution in [0.15, 0.2) is 11.4 Å². The molecule has 6 heteroatoms. The summed E-state index contributed by atoms with van der Waals surface area (Å²) in [4.78, 5) is 12.7. The van der Waals surface area contributed by atoms with Crippen molar-refractivity contribution in [2.75, 3.05) is 37.3 Å². The van der Waals surface area contributed by atoms with E-state index in [4.69, 9.17) is 0 Å². The highest BCUT2D eigenvalue weighted by Crippen LogP contribution is 2.28. The van der Waals surface area contributed by atoms with Gasteiger partial charge in [-0.3, -0.25) is 0 Å². The third kappa shape index (κ3) is 3.27. The van der Waals surface area contributed by atoms with E-state index in [2.05, 4.69) is 43.9 Å². The third-order valence-corrected chi connectivity index (χ3v) is 4.82. The molecule has 3 rings (SSSR count). The van der Waals surface area contributed by atoms with Crippen LogP contribution in [0, 0.1) is 0 Å². The predicted molar refractivity (Wildman–Crippen MR) is 90.3 cm³/mol. The van der Waals surface area contributed by atoms with Gasteiger partial charge in [-0.05, 0) is 37.3 Å².